The average Bonchev–Trinajstić information content (AvgIpc) is 2.07. The van der Waals surface area contributed by atoms with E-state index < -0.39 is 12.2 Å². The lowest BCUT2D eigenvalue weighted by Crippen LogP contribution is -2.09. The van der Waals surface area contributed by atoms with Crippen LogP contribution in [-0.4, -0.2) is 10.2 Å². The van der Waals surface area contributed by atoms with E-state index in [4.69, 9.17) is 11.5 Å². The molecule has 2 unspecified atom stereocenters. The van der Waals surface area contributed by atoms with Gasteiger partial charge in [-0.15, -0.1) is 0 Å². The van der Waals surface area contributed by atoms with Gasteiger partial charge < -0.3 is 21.7 Å². The maximum atomic E-state index is 9.51. The minimum atomic E-state index is -0.733. The summed E-state index contributed by atoms with van der Waals surface area (Å²) in [7, 11) is 0. The molecule has 0 fully saturated rings. The molecule has 0 saturated heterocycles. The zero-order valence-corrected chi connectivity index (χ0v) is 8.36. The number of nitrogen functional groups attached to an aromatic ring is 2. The zero-order valence-electron chi connectivity index (χ0n) is 8.36. The van der Waals surface area contributed by atoms with Crippen LogP contribution in [0.2, 0.25) is 0 Å². The van der Waals surface area contributed by atoms with E-state index in [9.17, 15) is 10.2 Å². The minimum absolute atomic E-state index is 0.449. The molecule has 0 spiro atoms. The van der Waals surface area contributed by atoms with Crippen LogP contribution < -0.4 is 11.5 Å². The highest BCUT2D eigenvalue weighted by Gasteiger charge is 2.17. The van der Waals surface area contributed by atoms with Crippen molar-refractivity contribution in [3.8, 4) is 0 Å². The Hall–Kier alpha value is -1.26. The Morgan fingerprint density at radius 2 is 1.21 bits per heavy atom. The van der Waals surface area contributed by atoms with Crippen LogP contribution in [0, 0.1) is 0 Å². The number of aliphatic hydroxyl groups is 2. The molecule has 1 aromatic carbocycles. The third-order valence-corrected chi connectivity index (χ3v) is 2.19. The molecule has 0 heterocycles. The molecule has 4 heteroatoms. The highest BCUT2D eigenvalue weighted by Crippen LogP contribution is 2.33. The first-order chi connectivity index (χ1) is 6.45. The molecule has 4 nitrogen and oxygen atoms in total. The van der Waals surface area contributed by atoms with Gasteiger partial charge in [-0.05, 0) is 26.0 Å². The van der Waals surface area contributed by atoms with E-state index in [0.29, 0.717) is 22.5 Å². The maximum Gasteiger partial charge on any atom is 0.0786 e. The Balaban J connectivity index is 3.42. The Kier molecular flexibility index (Phi) is 2.98. The predicted octanol–water partition coefficient (Wildman–Crippen LogP) is 0.958. The van der Waals surface area contributed by atoms with Gasteiger partial charge in [0.2, 0.25) is 0 Å². The van der Waals surface area contributed by atoms with Gasteiger partial charge in [-0.25, -0.2) is 0 Å². The molecular weight excluding hydrogens is 180 g/mol. The van der Waals surface area contributed by atoms with Crippen LogP contribution in [0.1, 0.15) is 37.2 Å². The molecular formula is C10H16N2O2. The SMILES string of the molecule is CC(O)c1c(N)ccc(N)c1C(C)O. The van der Waals surface area contributed by atoms with Gasteiger partial charge in [-0.3, -0.25) is 0 Å². The Labute approximate surface area is 83.2 Å². The van der Waals surface area contributed by atoms with Gasteiger partial charge in [0.25, 0.3) is 0 Å². The number of nitrogens with two attached hydrogens (primary N) is 2. The van der Waals surface area contributed by atoms with E-state index in [-0.39, 0.29) is 0 Å². The van der Waals surface area contributed by atoms with Gasteiger partial charge in [0.15, 0.2) is 0 Å². The largest absolute Gasteiger partial charge is 0.398 e. The lowest BCUT2D eigenvalue weighted by molar-refractivity contribution is 0.176. The first kappa shape index (κ1) is 10.8. The molecule has 0 aliphatic heterocycles. The van der Waals surface area contributed by atoms with Gasteiger partial charge in [0.05, 0.1) is 12.2 Å². The van der Waals surface area contributed by atoms with Crippen LogP contribution in [-0.2, 0) is 0 Å². The summed E-state index contributed by atoms with van der Waals surface area (Å²) >= 11 is 0. The van der Waals surface area contributed by atoms with E-state index >= 15 is 0 Å². The van der Waals surface area contributed by atoms with E-state index in [1.54, 1.807) is 26.0 Å². The summed E-state index contributed by atoms with van der Waals surface area (Å²) in [5, 5.41) is 19.0. The van der Waals surface area contributed by atoms with Crippen LogP contribution in [0.3, 0.4) is 0 Å². The van der Waals surface area contributed by atoms with Crippen molar-refractivity contribution in [1.29, 1.82) is 0 Å². The van der Waals surface area contributed by atoms with Gasteiger partial charge in [0, 0.05) is 22.5 Å². The van der Waals surface area contributed by atoms with Crippen molar-refractivity contribution in [3.63, 3.8) is 0 Å². The molecule has 1 rings (SSSR count). The molecule has 0 amide bonds. The monoisotopic (exact) mass is 196 g/mol. The zero-order chi connectivity index (χ0) is 10.9. The van der Waals surface area contributed by atoms with Crippen molar-refractivity contribution in [2.75, 3.05) is 11.5 Å². The summed E-state index contributed by atoms with van der Waals surface area (Å²) in [6.45, 7) is 3.19. The Morgan fingerprint density at radius 3 is 1.43 bits per heavy atom. The second-order valence-corrected chi connectivity index (χ2v) is 3.42. The number of hydrogen-bond donors (Lipinski definition) is 4. The van der Waals surface area contributed by atoms with E-state index in [1.165, 1.54) is 0 Å². The highest BCUT2D eigenvalue weighted by atomic mass is 16.3. The molecule has 1 aromatic rings. The molecule has 0 aliphatic carbocycles. The van der Waals surface area contributed by atoms with Gasteiger partial charge in [0.1, 0.15) is 0 Å². The van der Waals surface area contributed by atoms with Gasteiger partial charge >= 0.3 is 0 Å². The van der Waals surface area contributed by atoms with Crippen molar-refractivity contribution in [2.45, 2.75) is 26.1 Å². The summed E-state index contributed by atoms with van der Waals surface area (Å²) in [6.07, 6.45) is -1.47. The average molecular weight is 196 g/mol. The summed E-state index contributed by atoms with van der Waals surface area (Å²) in [6, 6.07) is 3.26. The Morgan fingerprint density at radius 1 is 0.929 bits per heavy atom. The molecule has 78 valence electrons. The lowest BCUT2D eigenvalue weighted by atomic mass is 9.96. The van der Waals surface area contributed by atoms with E-state index in [0.717, 1.165) is 0 Å². The minimum Gasteiger partial charge on any atom is -0.398 e. The predicted molar refractivity (Wildman–Crippen MR) is 56.5 cm³/mol. The van der Waals surface area contributed by atoms with Crippen LogP contribution >= 0.6 is 0 Å². The van der Waals surface area contributed by atoms with Crippen LogP contribution in [0.25, 0.3) is 0 Å². The third kappa shape index (κ3) is 1.81. The van der Waals surface area contributed by atoms with Crippen LogP contribution in [0.4, 0.5) is 11.4 Å². The summed E-state index contributed by atoms with van der Waals surface area (Å²) in [5.74, 6) is 0. The van der Waals surface area contributed by atoms with E-state index in [1.807, 2.05) is 0 Å². The fourth-order valence-corrected chi connectivity index (χ4v) is 1.60. The van der Waals surface area contributed by atoms with Crippen molar-refractivity contribution < 1.29 is 10.2 Å². The third-order valence-electron chi connectivity index (χ3n) is 2.19. The lowest BCUT2D eigenvalue weighted by Gasteiger charge is -2.18. The normalized spacial score (nSPS) is 15.1. The smallest absolute Gasteiger partial charge is 0.0786 e. The molecule has 0 aliphatic rings. The highest BCUT2D eigenvalue weighted by molar-refractivity contribution is 5.63. The molecule has 0 radical (unpaired) electrons. The molecule has 2 atom stereocenters. The fraction of sp³-hybridized carbons (Fsp3) is 0.400. The molecule has 0 bridgehead atoms. The van der Waals surface area contributed by atoms with Crippen molar-refractivity contribution in [3.05, 3.63) is 23.3 Å². The van der Waals surface area contributed by atoms with Crippen LogP contribution in [0.15, 0.2) is 12.1 Å². The summed E-state index contributed by atoms with van der Waals surface area (Å²) in [4.78, 5) is 0. The Bertz CT molecular complexity index is 302. The molecule has 14 heavy (non-hydrogen) atoms. The van der Waals surface area contributed by atoms with Crippen molar-refractivity contribution in [2.24, 2.45) is 0 Å². The summed E-state index contributed by atoms with van der Waals surface area (Å²) in [5.41, 5.74) is 13.3. The second-order valence-electron chi connectivity index (χ2n) is 3.42. The quantitative estimate of drug-likeness (QED) is 0.530. The first-order valence-electron chi connectivity index (χ1n) is 4.49. The van der Waals surface area contributed by atoms with Crippen molar-refractivity contribution in [1.82, 2.24) is 0 Å². The molecule has 0 saturated carbocycles. The number of rotatable bonds is 2. The number of benzene rings is 1. The standard InChI is InChI=1S/C10H16N2O2/c1-5(13)9-7(11)3-4-8(12)10(9)6(2)14/h3-6,13-14H,11-12H2,1-2H3. The van der Waals surface area contributed by atoms with Gasteiger partial charge in [-0.2, -0.15) is 0 Å². The maximum absolute atomic E-state index is 9.51. The molecule has 0 aromatic heterocycles. The summed E-state index contributed by atoms with van der Waals surface area (Å²) < 4.78 is 0. The van der Waals surface area contributed by atoms with Crippen LogP contribution in [0.5, 0.6) is 0 Å². The number of anilines is 2. The second kappa shape index (κ2) is 3.86. The van der Waals surface area contributed by atoms with E-state index in [2.05, 4.69) is 0 Å². The number of aliphatic hydroxyl groups excluding tert-OH is 2. The first-order valence-corrected chi connectivity index (χ1v) is 4.49. The molecule has 6 N–H and O–H groups in total. The van der Waals surface area contributed by atoms with Crippen molar-refractivity contribution >= 4 is 11.4 Å². The van der Waals surface area contributed by atoms with Gasteiger partial charge in [-0.1, -0.05) is 0 Å². The fourth-order valence-electron chi connectivity index (χ4n) is 1.60. The number of hydrogen-bond acceptors (Lipinski definition) is 4. The topological polar surface area (TPSA) is 92.5 Å².